The SMILES string of the molecule is CN(C)C(=O)c1ccc(-c2ccc(C(C)(C)C(=O)N3CCC(c4ccncc4C(=O)O)C3)c(F)c2)cn1. The topological polar surface area (TPSA) is 104 Å². The maximum atomic E-state index is 15.4. The van der Waals surface area contributed by atoms with Gasteiger partial charge in [-0.3, -0.25) is 19.6 Å². The first-order valence-corrected chi connectivity index (χ1v) is 12.0. The van der Waals surface area contributed by atoms with Crippen LogP contribution in [0.3, 0.4) is 0 Å². The summed E-state index contributed by atoms with van der Waals surface area (Å²) in [5, 5.41) is 9.49. The molecule has 0 saturated carbocycles. The number of carbonyl (C=O) groups is 3. The first-order valence-electron chi connectivity index (χ1n) is 12.0. The zero-order chi connectivity index (χ0) is 26.9. The highest BCUT2D eigenvalue weighted by Gasteiger charge is 2.39. The highest BCUT2D eigenvalue weighted by atomic mass is 19.1. The fraction of sp³-hybridized carbons (Fsp3) is 0.321. The summed E-state index contributed by atoms with van der Waals surface area (Å²) in [6.07, 6.45) is 5.02. The minimum Gasteiger partial charge on any atom is -0.478 e. The maximum absolute atomic E-state index is 15.4. The molecule has 1 fully saturated rings. The number of amides is 2. The third kappa shape index (κ3) is 5.07. The number of nitrogens with zero attached hydrogens (tertiary/aromatic N) is 4. The summed E-state index contributed by atoms with van der Waals surface area (Å²) < 4.78 is 15.4. The molecule has 8 nitrogen and oxygen atoms in total. The van der Waals surface area contributed by atoms with Crippen LogP contribution >= 0.6 is 0 Å². The Balaban J connectivity index is 1.52. The average molecular weight is 505 g/mol. The van der Waals surface area contributed by atoms with E-state index in [0.717, 1.165) is 0 Å². The largest absolute Gasteiger partial charge is 0.478 e. The molecular weight excluding hydrogens is 475 g/mol. The van der Waals surface area contributed by atoms with E-state index >= 15 is 4.39 Å². The first-order chi connectivity index (χ1) is 17.5. The van der Waals surface area contributed by atoms with E-state index in [1.807, 2.05) is 0 Å². The van der Waals surface area contributed by atoms with Crippen LogP contribution in [0.5, 0.6) is 0 Å². The number of benzene rings is 1. The van der Waals surface area contributed by atoms with Gasteiger partial charge in [-0.25, -0.2) is 9.18 Å². The average Bonchev–Trinajstić information content (AvgIpc) is 3.37. The van der Waals surface area contributed by atoms with Crippen LogP contribution in [0.2, 0.25) is 0 Å². The van der Waals surface area contributed by atoms with Crippen molar-refractivity contribution in [3.05, 3.63) is 83.2 Å². The molecule has 2 amide bonds. The summed E-state index contributed by atoms with van der Waals surface area (Å²) in [6, 6.07) is 9.71. The van der Waals surface area contributed by atoms with Gasteiger partial charge in [0.05, 0.1) is 11.0 Å². The van der Waals surface area contributed by atoms with Gasteiger partial charge in [-0.1, -0.05) is 18.2 Å². The summed E-state index contributed by atoms with van der Waals surface area (Å²) in [6.45, 7) is 4.20. The Kier molecular flexibility index (Phi) is 7.07. The van der Waals surface area contributed by atoms with E-state index in [4.69, 9.17) is 0 Å². The number of carboxylic acid groups (broad SMARTS) is 1. The number of halogens is 1. The van der Waals surface area contributed by atoms with Crippen molar-refractivity contribution in [2.45, 2.75) is 31.6 Å². The van der Waals surface area contributed by atoms with Crippen LogP contribution in [0.4, 0.5) is 4.39 Å². The minimum absolute atomic E-state index is 0.129. The molecule has 9 heteroatoms. The Hall–Kier alpha value is -4.14. The first kappa shape index (κ1) is 25.9. The van der Waals surface area contributed by atoms with Crippen molar-refractivity contribution < 1.29 is 23.9 Å². The lowest BCUT2D eigenvalue weighted by Gasteiger charge is -2.30. The molecule has 1 aliphatic rings. The molecule has 2 aromatic heterocycles. The number of rotatable bonds is 6. The predicted molar refractivity (Wildman–Crippen MR) is 136 cm³/mol. The lowest BCUT2D eigenvalue weighted by molar-refractivity contribution is -0.135. The normalized spacial score (nSPS) is 15.5. The van der Waals surface area contributed by atoms with Gasteiger partial charge in [-0.15, -0.1) is 0 Å². The van der Waals surface area contributed by atoms with Crippen LogP contribution in [0, 0.1) is 5.82 Å². The van der Waals surface area contributed by atoms with E-state index in [1.165, 1.54) is 23.4 Å². The molecule has 192 valence electrons. The van der Waals surface area contributed by atoms with E-state index < -0.39 is 17.2 Å². The number of carboxylic acids is 1. The highest BCUT2D eigenvalue weighted by Crippen LogP contribution is 2.35. The second kappa shape index (κ2) is 10.1. The zero-order valence-corrected chi connectivity index (χ0v) is 21.2. The molecule has 1 aromatic carbocycles. The molecule has 1 N–H and O–H groups in total. The van der Waals surface area contributed by atoms with Crippen molar-refractivity contribution in [3.8, 4) is 11.1 Å². The van der Waals surface area contributed by atoms with Crippen LogP contribution in [-0.2, 0) is 10.2 Å². The smallest absolute Gasteiger partial charge is 0.337 e. The molecule has 1 unspecified atom stereocenters. The van der Waals surface area contributed by atoms with Gasteiger partial charge in [0.15, 0.2) is 0 Å². The second-order valence-corrected chi connectivity index (χ2v) is 9.96. The fourth-order valence-corrected chi connectivity index (χ4v) is 4.77. The summed E-state index contributed by atoms with van der Waals surface area (Å²) in [7, 11) is 3.29. The lowest BCUT2D eigenvalue weighted by Crippen LogP contribution is -2.42. The minimum atomic E-state index is -1.13. The number of aromatic carboxylic acids is 1. The molecule has 0 radical (unpaired) electrons. The molecule has 4 rings (SSSR count). The molecule has 1 aliphatic heterocycles. The Morgan fingerprint density at radius 3 is 2.43 bits per heavy atom. The molecule has 0 spiro atoms. The Labute approximate surface area is 214 Å². The Morgan fingerprint density at radius 2 is 1.81 bits per heavy atom. The number of likely N-dealkylation sites (tertiary alicyclic amines) is 1. The molecule has 3 aromatic rings. The summed E-state index contributed by atoms with van der Waals surface area (Å²) in [4.78, 5) is 48.4. The Bertz CT molecular complexity index is 1350. The van der Waals surface area contributed by atoms with Gasteiger partial charge in [0, 0.05) is 62.8 Å². The van der Waals surface area contributed by atoms with Crippen molar-refractivity contribution >= 4 is 17.8 Å². The van der Waals surface area contributed by atoms with E-state index in [9.17, 15) is 19.5 Å². The number of hydrogen-bond donors (Lipinski definition) is 1. The summed E-state index contributed by atoms with van der Waals surface area (Å²) >= 11 is 0. The second-order valence-electron chi connectivity index (χ2n) is 9.96. The lowest BCUT2D eigenvalue weighted by atomic mass is 9.82. The third-order valence-electron chi connectivity index (χ3n) is 6.90. The van der Waals surface area contributed by atoms with E-state index in [2.05, 4.69) is 9.97 Å². The number of hydrogen-bond acceptors (Lipinski definition) is 5. The molecule has 1 saturated heterocycles. The zero-order valence-electron chi connectivity index (χ0n) is 21.2. The number of aromatic nitrogens is 2. The van der Waals surface area contributed by atoms with Gasteiger partial charge in [-0.05, 0) is 49.6 Å². The van der Waals surface area contributed by atoms with E-state index in [1.54, 1.807) is 69.4 Å². The molecule has 3 heterocycles. The van der Waals surface area contributed by atoms with Crippen LogP contribution in [0.1, 0.15) is 58.2 Å². The van der Waals surface area contributed by atoms with E-state index in [-0.39, 0.29) is 28.9 Å². The van der Waals surface area contributed by atoms with Crippen LogP contribution < -0.4 is 0 Å². The molecular formula is C28H29FN4O4. The van der Waals surface area contributed by atoms with Crippen molar-refractivity contribution in [1.82, 2.24) is 19.8 Å². The summed E-state index contributed by atoms with van der Waals surface area (Å²) in [5.41, 5.74) is 1.45. The monoisotopic (exact) mass is 504 g/mol. The third-order valence-corrected chi connectivity index (χ3v) is 6.90. The summed E-state index contributed by atoms with van der Waals surface area (Å²) in [5.74, 6) is -2.14. The van der Waals surface area contributed by atoms with Gasteiger partial charge >= 0.3 is 5.97 Å². The quantitative estimate of drug-likeness (QED) is 0.545. The standard InChI is InChI=1S/C28H29FN4O4/c1-28(2,27(37)33-12-10-19(16-33)20-9-11-30-15-21(20)26(35)36)22-7-5-17(13-23(22)29)18-6-8-24(31-14-18)25(34)32(3)4/h5-9,11,13-15,19H,10,12,16H2,1-4H3,(H,35,36). The molecule has 0 aliphatic carbocycles. The number of carbonyl (C=O) groups excluding carboxylic acids is 2. The van der Waals surface area contributed by atoms with Crippen LogP contribution in [-0.4, -0.2) is 69.8 Å². The van der Waals surface area contributed by atoms with Crippen LogP contribution in [0.25, 0.3) is 11.1 Å². The van der Waals surface area contributed by atoms with Gasteiger partial charge in [0.1, 0.15) is 11.5 Å². The maximum Gasteiger partial charge on any atom is 0.337 e. The highest BCUT2D eigenvalue weighted by molar-refractivity contribution is 5.92. The molecule has 37 heavy (non-hydrogen) atoms. The predicted octanol–water partition coefficient (Wildman–Crippen LogP) is 3.98. The van der Waals surface area contributed by atoms with E-state index in [0.29, 0.717) is 41.9 Å². The van der Waals surface area contributed by atoms with Crippen LogP contribution in [0.15, 0.2) is 55.0 Å². The Morgan fingerprint density at radius 1 is 1.08 bits per heavy atom. The fourth-order valence-electron chi connectivity index (χ4n) is 4.77. The molecule has 1 atom stereocenters. The van der Waals surface area contributed by atoms with Gasteiger partial charge in [0.25, 0.3) is 5.91 Å². The van der Waals surface area contributed by atoms with Crippen molar-refractivity contribution in [3.63, 3.8) is 0 Å². The van der Waals surface area contributed by atoms with Crippen molar-refractivity contribution in [2.75, 3.05) is 27.2 Å². The van der Waals surface area contributed by atoms with Gasteiger partial charge < -0.3 is 14.9 Å². The molecule has 0 bridgehead atoms. The van der Waals surface area contributed by atoms with Gasteiger partial charge in [0.2, 0.25) is 5.91 Å². The van der Waals surface area contributed by atoms with Crippen molar-refractivity contribution in [2.24, 2.45) is 0 Å². The number of pyridine rings is 2. The van der Waals surface area contributed by atoms with Gasteiger partial charge in [-0.2, -0.15) is 0 Å². The van der Waals surface area contributed by atoms with Crippen molar-refractivity contribution in [1.29, 1.82) is 0 Å².